The second-order valence-electron chi connectivity index (χ2n) is 5.24. The third-order valence-electron chi connectivity index (χ3n) is 2.19. The number of carbonyl (C=O) groups is 1. The number of rotatable bonds is 4. The van der Waals surface area contributed by atoms with Crippen molar-refractivity contribution >= 4 is 6.09 Å². The Bertz CT molecular complexity index is 420. The summed E-state index contributed by atoms with van der Waals surface area (Å²) in [5.74, 6) is 0. The smallest absolute Gasteiger partial charge is 0.407 e. The molecule has 2 rings (SSSR count). The Morgan fingerprint density at radius 2 is 2.39 bits per heavy atom. The lowest BCUT2D eigenvalue weighted by molar-refractivity contribution is 0.0523. The number of ether oxygens (including phenoxy) is 2. The highest BCUT2D eigenvalue weighted by atomic mass is 16.6. The first kappa shape index (κ1) is 12.8. The van der Waals surface area contributed by atoms with Crippen LogP contribution in [0.2, 0.25) is 0 Å². The van der Waals surface area contributed by atoms with Crippen molar-refractivity contribution in [2.75, 3.05) is 6.61 Å². The number of aromatic nitrogens is 3. The molecule has 0 aliphatic carbocycles. The second kappa shape index (κ2) is 4.93. The van der Waals surface area contributed by atoms with Crippen molar-refractivity contribution in [1.29, 1.82) is 0 Å². The van der Waals surface area contributed by atoms with E-state index in [4.69, 9.17) is 9.47 Å². The quantitative estimate of drug-likeness (QED) is 0.800. The van der Waals surface area contributed by atoms with Crippen molar-refractivity contribution in [3.05, 3.63) is 11.9 Å². The van der Waals surface area contributed by atoms with Gasteiger partial charge in [-0.3, -0.25) is 0 Å². The third-order valence-corrected chi connectivity index (χ3v) is 2.19. The van der Waals surface area contributed by atoms with E-state index in [1.807, 2.05) is 20.8 Å². The summed E-state index contributed by atoms with van der Waals surface area (Å²) in [5, 5.41) is 10.5. The van der Waals surface area contributed by atoms with Crippen molar-refractivity contribution in [2.24, 2.45) is 0 Å². The summed E-state index contributed by atoms with van der Waals surface area (Å²) < 4.78 is 11.9. The Balaban J connectivity index is 1.75. The topological polar surface area (TPSA) is 81.6 Å². The van der Waals surface area contributed by atoms with E-state index in [0.717, 1.165) is 6.61 Å². The van der Waals surface area contributed by atoms with Crippen LogP contribution >= 0.6 is 0 Å². The van der Waals surface area contributed by atoms with Gasteiger partial charge in [0, 0.05) is 0 Å². The third kappa shape index (κ3) is 4.33. The van der Waals surface area contributed by atoms with Crippen molar-refractivity contribution in [3.8, 4) is 0 Å². The van der Waals surface area contributed by atoms with Crippen LogP contribution in [-0.4, -0.2) is 39.4 Å². The SMILES string of the molecule is CC(C)(C)OC(=O)NCc1cn(CC2CO2)nn1. The van der Waals surface area contributed by atoms with Gasteiger partial charge in [0.25, 0.3) is 0 Å². The van der Waals surface area contributed by atoms with Crippen LogP contribution in [0, 0.1) is 0 Å². The molecule has 0 bridgehead atoms. The maximum Gasteiger partial charge on any atom is 0.407 e. The molecule has 1 aliphatic rings. The molecule has 1 aromatic heterocycles. The van der Waals surface area contributed by atoms with Gasteiger partial charge in [0.15, 0.2) is 0 Å². The first-order valence-electron chi connectivity index (χ1n) is 5.90. The molecule has 0 aromatic carbocycles. The van der Waals surface area contributed by atoms with Gasteiger partial charge in [0.1, 0.15) is 17.4 Å². The van der Waals surface area contributed by atoms with Gasteiger partial charge in [-0.1, -0.05) is 5.21 Å². The average Bonchev–Trinajstić information content (AvgIpc) is 2.91. The number of hydrogen-bond donors (Lipinski definition) is 1. The molecule has 0 spiro atoms. The lowest BCUT2D eigenvalue weighted by atomic mass is 10.2. The minimum Gasteiger partial charge on any atom is -0.444 e. The molecule has 1 fully saturated rings. The van der Waals surface area contributed by atoms with Crippen LogP contribution in [0.1, 0.15) is 26.5 Å². The lowest BCUT2D eigenvalue weighted by Crippen LogP contribution is -2.32. The highest BCUT2D eigenvalue weighted by Crippen LogP contribution is 2.11. The summed E-state index contributed by atoms with van der Waals surface area (Å²) in [7, 11) is 0. The number of amides is 1. The minimum atomic E-state index is -0.495. The number of carbonyl (C=O) groups excluding carboxylic acids is 1. The summed E-state index contributed by atoms with van der Waals surface area (Å²) >= 11 is 0. The number of nitrogens with zero attached hydrogens (tertiary/aromatic N) is 3. The number of hydrogen-bond acceptors (Lipinski definition) is 5. The van der Waals surface area contributed by atoms with Gasteiger partial charge >= 0.3 is 6.09 Å². The molecule has 1 amide bonds. The zero-order chi connectivity index (χ0) is 13.2. The van der Waals surface area contributed by atoms with Gasteiger partial charge in [-0.05, 0) is 20.8 Å². The van der Waals surface area contributed by atoms with Gasteiger partial charge in [-0.2, -0.15) is 0 Å². The zero-order valence-electron chi connectivity index (χ0n) is 10.8. The Kier molecular flexibility index (Phi) is 3.51. The highest BCUT2D eigenvalue weighted by Gasteiger charge is 2.23. The van der Waals surface area contributed by atoms with E-state index in [9.17, 15) is 4.79 Å². The lowest BCUT2D eigenvalue weighted by Gasteiger charge is -2.19. The number of alkyl carbamates (subject to hydrolysis) is 1. The summed E-state index contributed by atoms with van der Waals surface area (Å²) in [6.45, 7) is 7.25. The van der Waals surface area contributed by atoms with Crippen molar-refractivity contribution in [1.82, 2.24) is 20.3 Å². The van der Waals surface area contributed by atoms with E-state index in [1.54, 1.807) is 10.9 Å². The first-order valence-corrected chi connectivity index (χ1v) is 5.90. The molecule has 100 valence electrons. The van der Waals surface area contributed by atoms with Crippen molar-refractivity contribution in [2.45, 2.75) is 45.6 Å². The van der Waals surface area contributed by atoms with E-state index in [0.29, 0.717) is 18.8 Å². The van der Waals surface area contributed by atoms with Crippen LogP contribution in [-0.2, 0) is 22.6 Å². The average molecular weight is 254 g/mol. The molecular formula is C11H18N4O3. The van der Waals surface area contributed by atoms with Gasteiger partial charge in [0.2, 0.25) is 0 Å². The van der Waals surface area contributed by atoms with E-state index in [1.165, 1.54) is 0 Å². The van der Waals surface area contributed by atoms with Crippen LogP contribution in [0.25, 0.3) is 0 Å². The maximum atomic E-state index is 11.4. The van der Waals surface area contributed by atoms with E-state index in [2.05, 4.69) is 15.6 Å². The van der Waals surface area contributed by atoms with Gasteiger partial charge in [-0.15, -0.1) is 5.10 Å². The largest absolute Gasteiger partial charge is 0.444 e. The van der Waals surface area contributed by atoms with Crippen LogP contribution in [0.3, 0.4) is 0 Å². The Labute approximate surface area is 105 Å². The first-order chi connectivity index (χ1) is 8.42. The summed E-state index contributed by atoms with van der Waals surface area (Å²) in [4.78, 5) is 11.4. The van der Waals surface area contributed by atoms with Crippen molar-refractivity contribution in [3.63, 3.8) is 0 Å². The maximum absolute atomic E-state index is 11.4. The minimum absolute atomic E-state index is 0.262. The van der Waals surface area contributed by atoms with Gasteiger partial charge in [-0.25, -0.2) is 9.48 Å². The molecule has 1 atom stereocenters. The highest BCUT2D eigenvalue weighted by molar-refractivity contribution is 5.67. The molecule has 1 unspecified atom stereocenters. The molecule has 7 nitrogen and oxygen atoms in total. The van der Waals surface area contributed by atoms with E-state index < -0.39 is 11.7 Å². The molecule has 1 N–H and O–H groups in total. The molecule has 1 saturated heterocycles. The second-order valence-corrected chi connectivity index (χ2v) is 5.24. The standard InChI is InChI=1S/C11H18N4O3/c1-11(2,3)18-10(16)12-4-8-5-15(14-13-8)6-9-7-17-9/h5,9H,4,6-7H2,1-3H3,(H,12,16). The van der Waals surface area contributed by atoms with E-state index >= 15 is 0 Å². The Hall–Kier alpha value is -1.63. The predicted octanol–water partition coefficient (Wildman–Crippen LogP) is 0.702. The number of nitrogens with one attached hydrogen (secondary N) is 1. The fourth-order valence-corrected chi connectivity index (χ4v) is 1.37. The fourth-order valence-electron chi connectivity index (χ4n) is 1.37. The Morgan fingerprint density at radius 1 is 1.67 bits per heavy atom. The predicted molar refractivity (Wildman–Crippen MR) is 62.8 cm³/mol. The van der Waals surface area contributed by atoms with Crippen LogP contribution < -0.4 is 5.32 Å². The summed E-state index contributed by atoms with van der Waals surface area (Å²) in [5.41, 5.74) is 0.201. The van der Waals surface area contributed by atoms with Gasteiger partial charge < -0.3 is 14.8 Å². The zero-order valence-corrected chi connectivity index (χ0v) is 10.8. The summed E-state index contributed by atoms with van der Waals surface area (Å²) in [6.07, 6.45) is 1.60. The molecule has 0 radical (unpaired) electrons. The fraction of sp³-hybridized carbons (Fsp3) is 0.727. The molecule has 1 aromatic rings. The molecule has 18 heavy (non-hydrogen) atoms. The molecule has 2 heterocycles. The summed E-state index contributed by atoms with van der Waals surface area (Å²) in [6, 6.07) is 0. The van der Waals surface area contributed by atoms with Gasteiger partial charge in [0.05, 0.1) is 25.9 Å². The van der Waals surface area contributed by atoms with Crippen LogP contribution in [0.15, 0.2) is 6.20 Å². The monoisotopic (exact) mass is 254 g/mol. The van der Waals surface area contributed by atoms with E-state index in [-0.39, 0.29) is 6.10 Å². The normalized spacial score (nSPS) is 18.5. The molecule has 0 saturated carbocycles. The molecular weight excluding hydrogens is 236 g/mol. The molecule has 1 aliphatic heterocycles. The Morgan fingerprint density at radius 3 is 3.00 bits per heavy atom. The van der Waals surface area contributed by atoms with Crippen LogP contribution in [0.4, 0.5) is 4.79 Å². The number of epoxide rings is 1. The van der Waals surface area contributed by atoms with Crippen LogP contribution in [0.5, 0.6) is 0 Å². The van der Waals surface area contributed by atoms with Crippen molar-refractivity contribution < 1.29 is 14.3 Å². The molecule has 7 heteroatoms.